The lowest BCUT2D eigenvalue weighted by atomic mass is 10.2. The average Bonchev–Trinajstić information content (AvgIpc) is 2.92. The zero-order valence-electron chi connectivity index (χ0n) is 13.2. The van der Waals surface area contributed by atoms with Gasteiger partial charge in [-0.15, -0.1) is 0 Å². The van der Waals surface area contributed by atoms with E-state index in [1.54, 1.807) is 0 Å². The molecule has 1 aliphatic rings. The van der Waals surface area contributed by atoms with Crippen LogP contribution in [0.1, 0.15) is 45.1 Å². The van der Waals surface area contributed by atoms with E-state index < -0.39 is 0 Å². The number of nitrogens with one attached hydrogen (secondary N) is 2. The molecular weight excluding hydrogens is 264 g/mol. The monoisotopic (exact) mass is 290 g/mol. The second-order valence-corrected chi connectivity index (χ2v) is 6.05. The molecule has 4 heteroatoms. The molecule has 1 saturated carbocycles. The number of amides is 1. The fourth-order valence-electron chi connectivity index (χ4n) is 2.68. The Balaban J connectivity index is 1.85. The molecule has 2 rings (SSSR count). The minimum absolute atomic E-state index is 0.0162. The number of aryl methyl sites for hydroxylation is 1. The molecule has 0 bridgehead atoms. The number of benzene rings is 1. The minimum Gasteiger partial charge on any atom is -0.491 e. The topological polar surface area (TPSA) is 50.4 Å². The van der Waals surface area contributed by atoms with Crippen molar-refractivity contribution in [3.63, 3.8) is 0 Å². The van der Waals surface area contributed by atoms with E-state index in [9.17, 15) is 4.79 Å². The maximum absolute atomic E-state index is 12.0. The van der Waals surface area contributed by atoms with E-state index in [0.29, 0.717) is 12.6 Å². The molecule has 0 atom stereocenters. The van der Waals surface area contributed by atoms with E-state index in [1.807, 2.05) is 39.0 Å². The van der Waals surface area contributed by atoms with Crippen LogP contribution in [0, 0.1) is 6.92 Å². The fraction of sp³-hybridized carbons (Fsp3) is 0.588. The molecule has 1 aliphatic carbocycles. The summed E-state index contributed by atoms with van der Waals surface area (Å²) < 4.78 is 5.64. The second-order valence-electron chi connectivity index (χ2n) is 6.05. The van der Waals surface area contributed by atoms with Crippen LogP contribution < -0.4 is 15.4 Å². The SMILES string of the molecule is Cc1cc(OC(C)C)ccc1NC(=O)CNC1CCCC1. The van der Waals surface area contributed by atoms with Crippen LogP contribution in [-0.4, -0.2) is 24.6 Å². The smallest absolute Gasteiger partial charge is 0.238 e. The predicted molar refractivity (Wildman–Crippen MR) is 85.8 cm³/mol. The van der Waals surface area contributed by atoms with Gasteiger partial charge in [0.15, 0.2) is 0 Å². The molecule has 1 fully saturated rings. The third-order valence-electron chi connectivity index (χ3n) is 3.75. The summed E-state index contributed by atoms with van der Waals surface area (Å²) in [6.45, 7) is 6.36. The summed E-state index contributed by atoms with van der Waals surface area (Å²) in [4.78, 5) is 12.0. The van der Waals surface area contributed by atoms with E-state index in [4.69, 9.17) is 4.74 Å². The second kappa shape index (κ2) is 7.46. The van der Waals surface area contributed by atoms with Crippen molar-refractivity contribution < 1.29 is 9.53 Å². The number of rotatable bonds is 6. The molecule has 1 aromatic carbocycles. The quantitative estimate of drug-likeness (QED) is 0.845. The first kappa shape index (κ1) is 15.8. The van der Waals surface area contributed by atoms with E-state index in [2.05, 4.69) is 10.6 Å². The summed E-state index contributed by atoms with van der Waals surface area (Å²) in [5.41, 5.74) is 1.87. The number of ether oxygens (including phenoxy) is 1. The lowest BCUT2D eigenvalue weighted by Crippen LogP contribution is -2.34. The van der Waals surface area contributed by atoms with Crippen molar-refractivity contribution in [2.24, 2.45) is 0 Å². The number of anilines is 1. The zero-order chi connectivity index (χ0) is 15.2. The lowest BCUT2D eigenvalue weighted by molar-refractivity contribution is -0.115. The Labute approximate surface area is 127 Å². The molecular formula is C17H26N2O2. The van der Waals surface area contributed by atoms with Gasteiger partial charge in [0.2, 0.25) is 5.91 Å². The van der Waals surface area contributed by atoms with Crippen molar-refractivity contribution in [2.75, 3.05) is 11.9 Å². The summed E-state index contributed by atoms with van der Waals surface area (Å²) in [5.74, 6) is 0.854. The van der Waals surface area contributed by atoms with Crippen molar-refractivity contribution in [3.05, 3.63) is 23.8 Å². The Hall–Kier alpha value is -1.55. The minimum atomic E-state index is 0.0162. The third-order valence-corrected chi connectivity index (χ3v) is 3.75. The van der Waals surface area contributed by atoms with Crippen LogP contribution in [0.25, 0.3) is 0 Å². The third kappa shape index (κ3) is 5.05. The highest BCUT2D eigenvalue weighted by Crippen LogP contribution is 2.22. The summed E-state index contributed by atoms with van der Waals surface area (Å²) in [5, 5.41) is 6.28. The highest BCUT2D eigenvalue weighted by molar-refractivity contribution is 5.93. The molecule has 116 valence electrons. The number of carbonyl (C=O) groups excluding carboxylic acids is 1. The average molecular weight is 290 g/mol. The molecule has 0 aromatic heterocycles. The van der Waals surface area contributed by atoms with Gasteiger partial charge in [0, 0.05) is 11.7 Å². The number of hydrogen-bond donors (Lipinski definition) is 2. The molecule has 0 unspecified atom stereocenters. The fourth-order valence-corrected chi connectivity index (χ4v) is 2.68. The summed E-state index contributed by atoms with van der Waals surface area (Å²) in [7, 11) is 0. The van der Waals surface area contributed by atoms with E-state index >= 15 is 0 Å². The lowest BCUT2D eigenvalue weighted by Gasteiger charge is -2.14. The summed E-state index contributed by atoms with van der Waals surface area (Å²) in [6, 6.07) is 6.27. The van der Waals surface area contributed by atoms with Crippen LogP contribution in [0.3, 0.4) is 0 Å². The summed E-state index contributed by atoms with van der Waals surface area (Å²) >= 11 is 0. The number of hydrogen-bond acceptors (Lipinski definition) is 3. The van der Waals surface area contributed by atoms with Crippen LogP contribution in [0.5, 0.6) is 5.75 Å². The molecule has 0 radical (unpaired) electrons. The Morgan fingerprint density at radius 1 is 1.33 bits per heavy atom. The van der Waals surface area contributed by atoms with Gasteiger partial charge in [-0.05, 0) is 57.4 Å². The molecule has 1 aromatic rings. The highest BCUT2D eigenvalue weighted by Gasteiger charge is 2.15. The van der Waals surface area contributed by atoms with Gasteiger partial charge in [0.25, 0.3) is 0 Å². The van der Waals surface area contributed by atoms with Crippen molar-refractivity contribution in [2.45, 2.75) is 58.6 Å². The number of carbonyl (C=O) groups is 1. The van der Waals surface area contributed by atoms with Crippen molar-refractivity contribution >= 4 is 11.6 Å². The standard InChI is InChI=1S/C17H26N2O2/c1-12(2)21-15-8-9-16(13(3)10-15)19-17(20)11-18-14-6-4-5-7-14/h8-10,12,14,18H,4-7,11H2,1-3H3,(H,19,20). The first-order chi connectivity index (χ1) is 10.0. The van der Waals surface area contributed by atoms with Gasteiger partial charge in [-0.1, -0.05) is 12.8 Å². The van der Waals surface area contributed by atoms with Gasteiger partial charge >= 0.3 is 0 Å². The molecule has 0 heterocycles. The molecule has 2 N–H and O–H groups in total. The van der Waals surface area contributed by atoms with Crippen LogP contribution >= 0.6 is 0 Å². The molecule has 21 heavy (non-hydrogen) atoms. The van der Waals surface area contributed by atoms with Gasteiger partial charge in [-0.25, -0.2) is 0 Å². The Bertz CT molecular complexity index is 480. The van der Waals surface area contributed by atoms with Gasteiger partial charge in [0.1, 0.15) is 5.75 Å². The van der Waals surface area contributed by atoms with Gasteiger partial charge in [-0.3, -0.25) is 4.79 Å². The van der Waals surface area contributed by atoms with Crippen LogP contribution in [0.4, 0.5) is 5.69 Å². The van der Waals surface area contributed by atoms with Crippen LogP contribution in [0.15, 0.2) is 18.2 Å². The van der Waals surface area contributed by atoms with Crippen molar-refractivity contribution in [1.29, 1.82) is 0 Å². The Kier molecular flexibility index (Phi) is 5.62. The molecule has 1 amide bonds. The first-order valence-corrected chi connectivity index (χ1v) is 7.85. The van der Waals surface area contributed by atoms with Crippen molar-refractivity contribution in [1.82, 2.24) is 5.32 Å². The van der Waals surface area contributed by atoms with E-state index in [-0.39, 0.29) is 12.0 Å². The van der Waals surface area contributed by atoms with E-state index in [1.165, 1.54) is 25.7 Å². The normalized spacial score (nSPS) is 15.4. The highest BCUT2D eigenvalue weighted by atomic mass is 16.5. The van der Waals surface area contributed by atoms with Crippen molar-refractivity contribution in [3.8, 4) is 5.75 Å². The van der Waals surface area contributed by atoms with Gasteiger partial charge < -0.3 is 15.4 Å². The van der Waals surface area contributed by atoms with E-state index in [0.717, 1.165) is 17.0 Å². The van der Waals surface area contributed by atoms with Gasteiger partial charge in [-0.2, -0.15) is 0 Å². The Morgan fingerprint density at radius 3 is 2.67 bits per heavy atom. The zero-order valence-corrected chi connectivity index (χ0v) is 13.2. The first-order valence-electron chi connectivity index (χ1n) is 7.85. The molecule has 4 nitrogen and oxygen atoms in total. The predicted octanol–water partition coefficient (Wildman–Crippen LogP) is 3.25. The molecule has 0 spiro atoms. The maximum atomic E-state index is 12.0. The van der Waals surface area contributed by atoms with Crippen LogP contribution in [0.2, 0.25) is 0 Å². The maximum Gasteiger partial charge on any atom is 0.238 e. The van der Waals surface area contributed by atoms with Crippen LogP contribution in [-0.2, 0) is 4.79 Å². The Morgan fingerprint density at radius 2 is 2.05 bits per heavy atom. The molecule has 0 aliphatic heterocycles. The molecule has 0 saturated heterocycles. The van der Waals surface area contributed by atoms with Gasteiger partial charge in [0.05, 0.1) is 12.6 Å². The largest absolute Gasteiger partial charge is 0.491 e. The summed E-state index contributed by atoms with van der Waals surface area (Å²) in [6.07, 6.45) is 5.08.